The van der Waals surface area contributed by atoms with Crippen molar-refractivity contribution in [3.05, 3.63) is 70.9 Å². The third-order valence-electron chi connectivity index (χ3n) is 5.13. The summed E-state index contributed by atoms with van der Waals surface area (Å²) in [5, 5.41) is 2.38. The van der Waals surface area contributed by atoms with Crippen LogP contribution in [0.25, 0.3) is 33.1 Å². The number of aromatic nitrogens is 2. The number of hydrogen-bond acceptors (Lipinski definition) is 2. The van der Waals surface area contributed by atoms with Crippen molar-refractivity contribution < 1.29 is 0 Å². The Hall–Kier alpha value is -2.74. The molecule has 0 N–H and O–H groups in total. The van der Waals surface area contributed by atoms with Crippen LogP contribution in [0.1, 0.15) is 22.3 Å². The van der Waals surface area contributed by atoms with E-state index in [1.54, 1.807) is 0 Å². The minimum Gasteiger partial charge on any atom is -0.254 e. The van der Waals surface area contributed by atoms with Crippen molar-refractivity contribution >= 4 is 21.8 Å². The molecule has 4 rings (SSSR count). The van der Waals surface area contributed by atoms with Crippen LogP contribution < -0.4 is 0 Å². The number of pyridine rings is 2. The molecule has 0 bridgehead atoms. The number of fused-ring (bicyclic) bond motifs is 3. The van der Waals surface area contributed by atoms with Crippen molar-refractivity contribution in [3.63, 3.8) is 0 Å². The van der Waals surface area contributed by atoms with E-state index in [0.29, 0.717) is 0 Å². The lowest BCUT2D eigenvalue weighted by Gasteiger charge is -2.14. The summed E-state index contributed by atoms with van der Waals surface area (Å²) < 4.78 is 0. The monoisotopic (exact) mass is 312 g/mol. The van der Waals surface area contributed by atoms with E-state index in [9.17, 15) is 0 Å². The second-order valence-electron chi connectivity index (χ2n) is 6.50. The van der Waals surface area contributed by atoms with Crippen LogP contribution in [-0.4, -0.2) is 9.97 Å². The highest BCUT2D eigenvalue weighted by molar-refractivity contribution is 6.06. The fraction of sp³-hybridized carbons (Fsp3) is 0.182. The molecule has 0 radical (unpaired) electrons. The Morgan fingerprint density at radius 2 is 1.33 bits per heavy atom. The molecular formula is C22H20N2. The zero-order valence-corrected chi connectivity index (χ0v) is 14.5. The van der Waals surface area contributed by atoms with Gasteiger partial charge in [-0.2, -0.15) is 0 Å². The Kier molecular flexibility index (Phi) is 3.34. The molecule has 24 heavy (non-hydrogen) atoms. The van der Waals surface area contributed by atoms with E-state index >= 15 is 0 Å². The second-order valence-corrected chi connectivity index (χ2v) is 6.50. The fourth-order valence-corrected chi connectivity index (χ4v) is 3.35. The van der Waals surface area contributed by atoms with E-state index in [4.69, 9.17) is 9.97 Å². The lowest BCUT2D eigenvalue weighted by molar-refractivity contribution is 1.25. The van der Waals surface area contributed by atoms with Gasteiger partial charge in [-0.15, -0.1) is 0 Å². The molecule has 2 nitrogen and oxygen atoms in total. The molecule has 0 amide bonds. The molecule has 4 aromatic rings. The Labute approximate surface area is 142 Å². The third kappa shape index (κ3) is 2.10. The van der Waals surface area contributed by atoms with Crippen LogP contribution in [0.4, 0.5) is 0 Å². The molecule has 0 fully saturated rings. The van der Waals surface area contributed by atoms with Gasteiger partial charge in [0, 0.05) is 22.5 Å². The molecule has 0 unspecified atom stereocenters. The number of aryl methyl sites for hydroxylation is 3. The van der Waals surface area contributed by atoms with Gasteiger partial charge in [-0.1, -0.05) is 42.5 Å². The average molecular weight is 312 g/mol. The summed E-state index contributed by atoms with van der Waals surface area (Å²) in [6, 6.07) is 14.8. The Balaban J connectivity index is 2.16. The number of hydrogen-bond donors (Lipinski definition) is 0. The second kappa shape index (κ2) is 5.41. The van der Waals surface area contributed by atoms with Crippen molar-refractivity contribution in [1.29, 1.82) is 0 Å². The maximum Gasteiger partial charge on any atom is 0.0975 e. The Bertz CT molecular complexity index is 1080. The summed E-state index contributed by atoms with van der Waals surface area (Å²) in [5.41, 5.74) is 9.21. The van der Waals surface area contributed by atoms with Crippen molar-refractivity contribution in [2.24, 2.45) is 0 Å². The first kappa shape index (κ1) is 14.8. The van der Waals surface area contributed by atoms with E-state index < -0.39 is 0 Å². The largest absolute Gasteiger partial charge is 0.254 e. The first-order valence-electron chi connectivity index (χ1n) is 8.29. The highest BCUT2D eigenvalue weighted by Gasteiger charge is 2.14. The van der Waals surface area contributed by atoms with Crippen LogP contribution in [0, 0.1) is 27.7 Å². The van der Waals surface area contributed by atoms with E-state index in [0.717, 1.165) is 22.3 Å². The van der Waals surface area contributed by atoms with Crippen molar-refractivity contribution in [2.45, 2.75) is 27.7 Å². The predicted molar refractivity (Wildman–Crippen MR) is 101 cm³/mol. The fourth-order valence-electron chi connectivity index (χ4n) is 3.35. The van der Waals surface area contributed by atoms with Gasteiger partial charge in [0.2, 0.25) is 0 Å². The summed E-state index contributed by atoms with van der Waals surface area (Å²) >= 11 is 0. The van der Waals surface area contributed by atoms with Gasteiger partial charge in [-0.3, -0.25) is 4.98 Å². The summed E-state index contributed by atoms with van der Waals surface area (Å²) in [4.78, 5) is 9.76. The summed E-state index contributed by atoms with van der Waals surface area (Å²) in [5.74, 6) is 0. The molecule has 0 aliphatic heterocycles. The molecule has 0 aliphatic carbocycles. The summed E-state index contributed by atoms with van der Waals surface area (Å²) in [6.07, 6.45) is 1.95. The van der Waals surface area contributed by atoms with E-state index in [-0.39, 0.29) is 0 Å². The minimum atomic E-state index is 0.996. The molecule has 2 aromatic heterocycles. The van der Waals surface area contributed by atoms with Crippen molar-refractivity contribution in [2.75, 3.05) is 0 Å². The topological polar surface area (TPSA) is 25.8 Å². The Morgan fingerprint density at radius 1 is 0.667 bits per heavy atom. The highest BCUT2D eigenvalue weighted by Crippen LogP contribution is 2.33. The van der Waals surface area contributed by atoms with Gasteiger partial charge in [0.15, 0.2) is 0 Å². The molecule has 0 atom stereocenters. The molecule has 2 aromatic carbocycles. The van der Waals surface area contributed by atoms with Gasteiger partial charge >= 0.3 is 0 Å². The molecule has 0 saturated heterocycles. The lowest BCUT2D eigenvalue weighted by Crippen LogP contribution is -1.97. The molecular weight excluding hydrogens is 292 g/mol. The predicted octanol–water partition coefficient (Wildman–Crippen LogP) is 5.68. The number of rotatable bonds is 1. The van der Waals surface area contributed by atoms with Gasteiger partial charge in [-0.25, -0.2) is 4.98 Å². The van der Waals surface area contributed by atoms with Crippen LogP contribution >= 0.6 is 0 Å². The summed E-state index contributed by atoms with van der Waals surface area (Å²) in [6.45, 7) is 8.60. The maximum absolute atomic E-state index is 5.04. The van der Waals surface area contributed by atoms with Gasteiger partial charge < -0.3 is 0 Å². The van der Waals surface area contributed by atoms with Gasteiger partial charge in [0.05, 0.1) is 16.7 Å². The van der Waals surface area contributed by atoms with Crippen LogP contribution in [0.15, 0.2) is 48.7 Å². The quantitative estimate of drug-likeness (QED) is 0.422. The molecule has 118 valence electrons. The SMILES string of the molecule is Cc1cnc2c(ccc3c(C)c(C)c(-c4ccccc4)nc32)c1C. The smallest absolute Gasteiger partial charge is 0.0975 e. The van der Waals surface area contributed by atoms with E-state index in [1.807, 2.05) is 12.3 Å². The van der Waals surface area contributed by atoms with Crippen LogP contribution in [0.3, 0.4) is 0 Å². The molecule has 2 heterocycles. The Morgan fingerprint density at radius 3 is 2.04 bits per heavy atom. The average Bonchev–Trinajstić information content (AvgIpc) is 2.61. The zero-order chi connectivity index (χ0) is 16.8. The van der Waals surface area contributed by atoms with Gasteiger partial charge in [-0.05, 0) is 49.9 Å². The van der Waals surface area contributed by atoms with Crippen LogP contribution in [0.5, 0.6) is 0 Å². The van der Waals surface area contributed by atoms with Crippen molar-refractivity contribution in [1.82, 2.24) is 9.97 Å². The van der Waals surface area contributed by atoms with Crippen LogP contribution in [0.2, 0.25) is 0 Å². The van der Waals surface area contributed by atoms with Crippen LogP contribution in [-0.2, 0) is 0 Å². The third-order valence-corrected chi connectivity index (χ3v) is 5.13. The molecule has 0 saturated carbocycles. The summed E-state index contributed by atoms with van der Waals surface area (Å²) in [7, 11) is 0. The zero-order valence-electron chi connectivity index (χ0n) is 14.5. The van der Waals surface area contributed by atoms with Gasteiger partial charge in [0.25, 0.3) is 0 Å². The minimum absolute atomic E-state index is 0.996. The van der Waals surface area contributed by atoms with Gasteiger partial charge in [0.1, 0.15) is 0 Å². The molecule has 0 aliphatic rings. The molecule has 0 spiro atoms. The first-order chi connectivity index (χ1) is 11.6. The highest BCUT2D eigenvalue weighted by atomic mass is 14.8. The number of nitrogens with zero attached hydrogens (tertiary/aromatic N) is 2. The normalized spacial score (nSPS) is 11.3. The van der Waals surface area contributed by atoms with E-state index in [2.05, 4.69) is 64.1 Å². The molecule has 2 heteroatoms. The van der Waals surface area contributed by atoms with E-state index in [1.165, 1.54) is 33.0 Å². The standard InChI is InChI=1S/C22H20N2/c1-13-12-23-21-18(14(13)2)10-11-19-15(3)16(4)20(24-22(19)21)17-8-6-5-7-9-17/h5-12H,1-4H3. The number of benzene rings is 2. The maximum atomic E-state index is 5.04. The first-order valence-corrected chi connectivity index (χ1v) is 8.29. The van der Waals surface area contributed by atoms with Crippen molar-refractivity contribution in [3.8, 4) is 11.3 Å². The lowest BCUT2D eigenvalue weighted by atomic mass is 9.96.